The average molecular weight is 264 g/mol. The molecule has 0 aromatic carbocycles. The standard InChI is InChI=1S/C15H28N4/c1-14(10-16)12-18-8-6-4-3-5-7-9-19-13-15(2)11-17/h14-15,18-19H,3-9,12-13H2,1-2H3/t14-,15-/m0/s1. The molecule has 0 saturated heterocycles. The topological polar surface area (TPSA) is 71.6 Å². The Labute approximate surface area is 118 Å². The maximum atomic E-state index is 8.61. The molecule has 0 saturated carbocycles. The van der Waals surface area contributed by atoms with Gasteiger partial charge in [0.15, 0.2) is 0 Å². The molecule has 19 heavy (non-hydrogen) atoms. The Kier molecular flexibility index (Phi) is 12.6. The summed E-state index contributed by atoms with van der Waals surface area (Å²) in [7, 11) is 0. The molecule has 0 rings (SSSR count). The van der Waals surface area contributed by atoms with E-state index in [2.05, 4.69) is 22.8 Å². The second kappa shape index (κ2) is 13.3. The third kappa shape index (κ3) is 13.1. The molecule has 2 atom stereocenters. The quantitative estimate of drug-likeness (QED) is 0.531. The summed E-state index contributed by atoms with van der Waals surface area (Å²) in [4.78, 5) is 0. The number of nitrogens with zero attached hydrogens (tertiary/aromatic N) is 2. The highest BCUT2D eigenvalue weighted by Crippen LogP contribution is 2.02. The molecule has 0 radical (unpaired) electrons. The summed E-state index contributed by atoms with van der Waals surface area (Å²) in [6, 6.07) is 4.44. The van der Waals surface area contributed by atoms with Crippen LogP contribution in [0.2, 0.25) is 0 Å². The normalized spacial score (nSPS) is 13.5. The fraction of sp³-hybridized carbons (Fsp3) is 0.867. The zero-order valence-corrected chi connectivity index (χ0v) is 12.4. The summed E-state index contributed by atoms with van der Waals surface area (Å²) in [5.41, 5.74) is 0. The van der Waals surface area contributed by atoms with Crippen molar-refractivity contribution in [2.75, 3.05) is 26.2 Å². The van der Waals surface area contributed by atoms with E-state index in [1.807, 2.05) is 13.8 Å². The lowest BCUT2D eigenvalue weighted by molar-refractivity contribution is 0.530. The molecule has 0 bridgehead atoms. The predicted molar refractivity (Wildman–Crippen MR) is 78.4 cm³/mol. The minimum Gasteiger partial charge on any atom is -0.315 e. The molecule has 108 valence electrons. The zero-order valence-electron chi connectivity index (χ0n) is 12.4. The predicted octanol–water partition coefficient (Wildman–Crippen LogP) is 2.44. The van der Waals surface area contributed by atoms with E-state index < -0.39 is 0 Å². The van der Waals surface area contributed by atoms with Gasteiger partial charge in [-0.1, -0.05) is 19.3 Å². The van der Waals surface area contributed by atoms with Gasteiger partial charge in [0.25, 0.3) is 0 Å². The Hall–Kier alpha value is -1.10. The van der Waals surface area contributed by atoms with Crippen molar-refractivity contribution >= 4 is 0 Å². The van der Waals surface area contributed by atoms with Gasteiger partial charge in [-0.2, -0.15) is 10.5 Å². The van der Waals surface area contributed by atoms with Crippen molar-refractivity contribution in [3.05, 3.63) is 0 Å². The van der Waals surface area contributed by atoms with Gasteiger partial charge >= 0.3 is 0 Å². The fourth-order valence-corrected chi connectivity index (χ4v) is 1.76. The fourth-order valence-electron chi connectivity index (χ4n) is 1.76. The zero-order chi connectivity index (χ0) is 14.3. The first kappa shape index (κ1) is 17.9. The number of hydrogen-bond donors (Lipinski definition) is 2. The number of hydrogen-bond acceptors (Lipinski definition) is 4. The van der Waals surface area contributed by atoms with Gasteiger partial charge in [0, 0.05) is 13.1 Å². The molecule has 0 unspecified atom stereocenters. The van der Waals surface area contributed by atoms with Crippen LogP contribution < -0.4 is 10.6 Å². The number of nitriles is 2. The lowest BCUT2D eigenvalue weighted by Gasteiger charge is -2.07. The van der Waals surface area contributed by atoms with Crippen LogP contribution in [0.25, 0.3) is 0 Å². The molecule has 0 aliphatic heterocycles. The molecule has 0 fully saturated rings. The van der Waals surface area contributed by atoms with E-state index in [4.69, 9.17) is 10.5 Å². The highest BCUT2D eigenvalue weighted by Gasteiger charge is 1.98. The van der Waals surface area contributed by atoms with Crippen LogP contribution in [0.5, 0.6) is 0 Å². The summed E-state index contributed by atoms with van der Waals surface area (Å²) in [5, 5.41) is 23.8. The van der Waals surface area contributed by atoms with Crippen molar-refractivity contribution in [3.8, 4) is 12.1 Å². The van der Waals surface area contributed by atoms with Crippen LogP contribution in [0, 0.1) is 34.5 Å². The summed E-state index contributed by atoms with van der Waals surface area (Å²) in [6.07, 6.45) is 6.16. The molecule has 4 heteroatoms. The molecule has 2 N–H and O–H groups in total. The molecule has 0 aliphatic carbocycles. The van der Waals surface area contributed by atoms with E-state index in [9.17, 15) is 0 Å². The van der Waals surface area contributed by atoms with E-state index in [-0.39, 0.29) is 11.8 Å². The monoisotopic (exact) mass is 264 g/mol. The van der Waals surface area contributed by atoms with Gasteiger partial charge in [0.05, 0.1) is 24.0 Å². The van der Waals surface area contributed by atoms with Crippen LogP contribution in [0.15, 0.2) is 0 Å². The molecule has 0 aromatic heterocycles. The minimum absolute atomic E-state index is 0.113. The van der Waals surface area contributed by atoms with E-state index in [0.717, 1.165) is 26.2 Å². The molecule has 0 amide bonds. The molecule has 0 heterocycles. The van der Waals surface area contributed by atoms with Crippen LogP contribution in [0.4, 0.5) is 0 Å². The molecular weight excluding hydrogens is 236 g/mol. The average Bonchev–Trinajstić information content (AvgIpc) is 2.43. The van der Waals surface area contributed by atoms with Crippen LogP contribution in [-0.4, -0.2) is 26.2 Å². The lowest BCUT2D eigenvalue weighted by atomic mass is 10.1. The SMILES string of the molecule is C[C@@H](C#N)CNCCCCCCCNC[C@@H](C)C#N. The Balaban J connectivity index is 3.08. The first-order valence-electron chi connectivity index (χ1n) is 7.41. The Bertz CT molecular complexity index is 249. The van der Waals surface area contributed by atoms with Gasteiger partial charge in [0.1, 0.15) is 0 Å². The summed E-state index contributed by atoms with van der Waals surface area (Å²) in [6.45, 7) is 7.52. The van der Waals surface area contributed by atoms with Gasteiger partial charge < -0.3 is 10.6 Å². The Morgan fingerprint density at radius 2 is 1.11 bits per heavy atom. The van der Waals surface area contributed by atoms with E-state index in [1.54, 1.807) is 0 Å². The van der Waals surface area contributed by atoms with Crippen molar-refractivity contribution in [2.24, 2.45) is 11.8 Å². The number of rotatable bonds is 12. The van der Waals surface area contributed by atoms with Gasteiger partial charge in [-0.25, -0.2) is 0 Å². The van der Waals surface area contributed by atoms with Crippen molar-refractivity contribution in [3.63, 3.8) is 0 Å². The first-order valence-corrected chi connectivity index (χ1v) is 7.41. The maximum absolute atomic E-state index is 8.61. The molecule has 4 nitrogen and oxygen atoms in total. The van der Waals surface area contributed by atoms with Gasteiger partial charge in [0.2, 0.25) is 0 Å². The number of nitrogens with one attached hydrogen (secondary N) is 2. The van der Waals surface area contributed by atoms with E-state index in [0.29, 0.717) is 0 Å². The molecular formula is C15H28N4. The summed E-state index contributed by atoms with van der Waals surface area (Å²) in [5.74, 6) is 0.226. The first-order chi connectivity index (χ1) is 9.20. The Morgan fingerprint density at radius 1 is 0.737 bits per heavy atom. The third-order valence-corrected chi connectivity index (χ3v) is 3.05. The van der Waals surface area contributed by atoms with Crippen molar-refractivity contribution in [1.82, 2.24) is 10.6 Å². The van der Waals surface area contributed by atoms with Crippen LogP contribution in [-0.2, 0) is 0 Å². The second-order valence-electron chi connectivity index (χ2n) is 5.24. The van der Waals surface area contributed by atoms with Gasteiger partial charge in [-0.15, -0.1) is 0 Å². The third-order valence-electron chi connectivity index (χ3n) is 3.05. The minimum atomic E-state index is 0.113. The van der Waals surface area contributed by atoms with E-state index in [1.165, 1.54) is 32.1 Å². The summed E-state index contributed by atoms with van der Waals surface area (Å²) >= 11 is 0. The number of unbranched alkanes of at least 4 members (excludes halogenated alkanes) is 4. The smallest absolute Gasteiger partial charge is 0.0666 e. The Morgan fingerprint density at radius 3 is 1.47 bits per heavy atom. The van der Waals surface area contributed by atoms with Gasteiger partial charge in [-0.3, -0.25) is 0 Å². The largest absolute Gasteiger partial charge is 0.315 e. The van der Waals surface area contributed by atoms with Crippen LogP contribution >= 0.6 is 0 Å². The maximum Gasteiger partial charge on any atom is 0.0666 e. The van der Waals surface area contributed by atoms with Crippen molar-refractivity contribution in [2.45, 2.75) is 46.0 Å². The second-order valence-corrected chi connectivity index (χ2v) is 5.24. The van der Waals surface area contributed by atoms with E-state index >= 15 is 0 Å². The van der Waals surface area contributed by atoms with Crippen LogP contribution in [0.1, 0.15) is 46.0 Å². The molecule has 0 aromatic rings. The molecule has 0 aliphatic rings. The highest BCUT2D eigenvalue weighted by molar-refractivity contribution is 4.80. The van der Waals surface area contributed by atoms with Gasteiger partial charge in [-0.05, 0) is 39.8 Å². The highest BCUT2D eigenvalue weighted by atomic mass is 14.9. The van der Waals surface area contributed by atoms with Crippen molar-refractivity contribution in [1.29, 1.82) is 10.5 Å². The van der Waals surface area contributed by atoms with Crippen molar-refractivity contribution < 1.29 is 0 Å². The lowest BCUT2D eigenvalue weighted by Crippen LogP contribution is -2.21. The summed E-state index contributed by atoms with van der Waals surface area (Å²) < 4.78 is 0. The van der Waals surface area contributed by atoms with Crippen LogP contribution in [0.3, 0.4) is 0 Å². The molecule has 0 spiro atoms.